The summed E-state index contributed by atoms with van der Waals surface area (Å²) in [5, 5.41) is 2.08. The van der Waals surface area contributed by atoms with Crippen LogP contribution in [0.15, 0.2) is 42.5 Å². The van der Waals surface area contributed by atoms with E-state index >= 15 is 0 Å². The van der Waals surface area contributed by atoms with Crippen LogP contribution in [-0.2, 0) is 21.2 Å². The first-order chi connectivity index (χ1) is 12.7. The van der Waals surface area contributed by atoms with Gasteiger partial charge in [0.25, 0.3) is 0 Å². The Balaban J connectivity index is 2.07. The summed E-state index contributed by atoms with van der Waals surface area (Å²) in [7, 11) is -2.18. The van der Waals surface area contributed by atoms with Crippen LogP contribution >= 0.6 is 0 Å². The summed E-state index contributed by atoms with van der Waals surface area (Å²) in [6.45, 7) is -0.532. The zero-order valence-electron chi connectivity index (χ0n) is 14.9. The van der Waals surface area contributed by atoms with Crippen molar-refractivity contribution in [2.45, 2.75) is 6.42 Å². The molecule has 2 aromatic carbocycles. The highest BCUT2D eigenvalue weighted by Gasteiger charge is 2.21. The molecule has 0 heterocycles. The summed E-state index contributed by atoms with van der Waals surface area (Å²) < 4.78 is 57.3. The van der Waals surface area contributed by atoms with Crippen LogP contribution in [0.2, 0.25) is 0 Å². The zero-order valence-corrected chi connectivity index (χ0v) is 15.7. The van der Waals surface area contributed by atoms with Gasteiger partial charge in [0.2, 0.25) is 15.9 Å². The second-order valence-electron chi connectivity index (χ2n) is 5.84. The Kier molecular flexibility index (Phi) is 6.86. The van der Waals surface area contributed by atoms with Gasteiger partial charge in [-0.25, -0.2) is 17.2 Å². The molecule has 6 nitrogen and oxygen atoms in total. The third-order valence-corrected chi connectivity index (χ3v) is 5.05. The number of methoxy groups -OCH3 is 1. The van der Waals surface area contributed by atoms with Gasteiger partial charge in [-0.15, -0.1) is 0 Å². The van der Waals surface area contributed by atoms with Gasteiger partial charge in [0, 0.05) is 6.54 Å². The van der Waals surface area contributed by atoms with E-state index in [9.17, 15) is 22.0 Å². The molecule has 0 saturated heterocycles. The van der Waals surface area contributed by atoms with Gasteiger partial charge in [-0.2, -0.15) is 4.31 Å². The summed E-state index contributed by atoms with van der Waals surface area (Å²) in [5.74, 6) is -2.09. The Bertz CT molecular complexity index is 899. The maximum absolute atomic E-state index is 13.6. The molecule has 146 valence electrons. The maximum atomic E-state index is 13.6. The molecule has 2 rings (SSSR count). The molecule has 0 bridgehead atoms. The van der Waals surface area contributed by atoms with Gasteiger partial charge in [-0.3, -0.25) is 4.79 Å². The Morgan fingerprint density at radius 1 is 1.15 bits per heavy atom. The van der Waals surface area contributed by atoms with Crippen LogP contribution in [0.1, 0.15) is 5.56 Å². The molecule has 9 heteroatoms. The van der Waals surface area contributed by atoms with Gasteiger partial charge in [-0.05, 0) is 36.2 Å². The highest BCUT2D eigenvalue weighted by atomic mass is 32.2. The molecular weight excluding hydrogens is 378 g/mol. The number of carbonyl (C=O) groups is 1. The highest BCUT2D eigenvalue weighted by molar-refractivity contribution is 7.88. The van der Waals surface area contributed by atoms with Gasteiger partial charge in [-0.1, -0.05) is 18.2 Å². The van der Waals surface area contributed by atoms with Gasteiger partial charge in [0.1, 0.15) is 23.1 Å². The molecule has 1 amide bonds. The third kappa shape index (κ3) is 6.00. The smallest absolute Gasteiger partial charge is 0.239 e. The molecular formula is C18H20F2N2O4S. The van der Waals surface area contributed by atoms with E-state index in [0.717, 1.165) is 34.3 Å². The fourth-order valence-electron chi connectivity index (χ4n) is 2.40. The lowest BCUT2D eigenvalue weighted by Crippen LogP contribution is -2.38. The van der Waals surface area contributed by atoms with Crippen molar-refractivity contribution in [2.24, 2.45) is 0 Å². The highest BCUT2D eigenvalue weighted by Crippen LogP contribution is 2.18. The number of halogens is 2. The summed E-state index contributed by atoms with van der Waals surface area (Å²) in [4.78, 5) is 12.1. The van der Waals surface area contributed by atoms with E-state index < -0.39 is 39.8 Å². The largest absolute Gasteiger partial charge is 0.497 e. The summed E-state index contributed by atoms with van der Waals surface area (Å²) in [6.07, 6.45) is 1.31. The Hall–Kier alpha value is -2.52. The number of hydrogen-bond acceptors (Lipinski definition) is 4. The first kappa shape index (κ1) is 20.8. The van der Waals surface area contributed by atoms with Crippen molar-refractivity contribution in [1.82, 2.24) is 4.31 Å². The number of nitrogens with zero attached hydrogens (tertiary/aromatic N) is 1. The molecule has 0 radical (unpaired) electrons. The summed E-state index contributed by atoms with van der Waals surface area (Å²) in [6, 6.07) is 10.2. The molecule has 0 aromatic heterocycles. The minimum atomic E-state index is -3.70. The third-order valence-electron chi connectivity index (χ3n) is 3.80. The van der Waals surface area contributed by atoms with E-state index in [1.54, 1.807) is 24.3 Å². The molecule has 2 aromatic rings. The van der Waals surface area contributed by atoms with E-state index in [4.69, 9.17) is 4.74 Å². The normalized spacial score (nSPS) is 11.4. The fraction of sp³-hybridized carbons (Fsp3) is 0.278. The minimum absolute atomic E-state index is 0.0270. The van der Waals surface area contributed by atoms with Crippen LogP contribution < -0.4 is 10.1 Å². The number of anilines is 1. The molecule has 0 saturated carbocycles. The molecule has 0 aliphatic rings. The number of amides is 1. The average molecular weight is 398 g/mol. The number of benzene rings is 2. The van der Waals surface area contributed by atoms with Gasteiger partial charge >= 0.3 is 0 Å². The summed E-state index contributed by atoms with van der Waals surface area (Å²) in [5.41, 5.74) is 0.215. The molecule has 0 spiro atoms. The molecule has 1 N–H and O–H groups in total. The molecule has 27 heavy (non-hydrogen) atoms. The number of sulfonamides is 1. The Morgan fingerprint density at radius 3 is 2.37 bits per heavy atom. The standard InChI is InChI=1S/C18H20F2N2O4S/c1-26-14-6-3-5-13(11-14)9-10-22(27(2,24)25)12-17(23)21-18-15(19)7-4-8-16(18)20/h3-8,11H,9-10,12H2,1-2H3,(H,21,23). The average Bonchev–Trinajstić information content (AvgIpc) is 2.61. The van der Waals surface area contributed by atoms with Crippen LogP contribution in [0, 0.1) is 11.6 Å². The molecule has 0 aliphatic carbocycles. The van der Waals surface area contributed by atoms with Crippen molar-refractivity contribution in [1.29, 1.82) is 0 Å². The lowest BCUT2D eigenvalue weighted by atomic mass is 10.1. The van der Waals surface area contributed by atoms with Crippen LogP contribution in [0.3, 0.4) is 0 Å². The number of rotatable bonds is 8. The predicted molar refractivity (Wildman–Crippen MR) is 98.1 cm³/mol. The van der Waals surface area contributed by atoms with E-state index in [0.29, 0.717) is 12.2 Å². The van der Waals surface area contributed by atoms with Crippen molar-refractivity contribution < 1.29 is 26.7 Å². The van der Waals surface area contributed by atoms with E-state index in [1.165, 1.54) is 7.11 Å². The quantitative estimate of drug-likeness (QED) is 0.741. The molecule has 0 atom stereocenters. The molecule has 0 aliphatic heterocycles. The first-order valence-electron chi connectivity index (χ1n) is 8.02. The fourth-order valence-corrected chi connectivity index (χ4v) is 3.17. The molecule has 0 unspecified atom stereocenters. The monoisotopic (exact) mass is 398 g/mol. The van der Waals surface area contributed by atoms with Crippen LogP contribution in [0.4, 0.5) is 14.5 Å². The van der Waals surface area contributed by atoms with Gasteiger partial charge in [0.05, 0.1) is 19.9 Å². The van der Waals surface area contributed by atoms with Crippen molar-refractivity contribution in [2.75, 3.05) is 31.8 Å². The maximum Gasteiger partial charge on any atom is 0.239 e. The topological polar surface area (TPSA) is 75.7 Å². The van der Waals surface area contributed by atoms with Gasteiger partial charge in [0.15, 0.2) is 0 Å². The van der Waals surface area contributed by atoms with Crippen molar-refractivity contribution in [3.8, 4) is 5.75 Å². The number of para-hydroxylation sites is 1. The Labute approximate surface area is 156 Å². The predicted octanol–water partition coefficient (Wildman–Crippen LogP) is 2.42. The van der Waals surface area contributed by atoms with Crippen molar-refractivity contribution >= 4 is 21.6 Å². The van der Waals surface area contributed by atoms with E-state index in [2.05, 4.69) is 5.32 Å². The Morgan fingerprint density at radius 2 is 1.78 bits per heavy atom. The van der Waals surface area contributed by atoms with Crippen LogP contribution in [-0.4, -0.2) is 45.1 Å². The van der Waals surface area contributed by atoms with E-state index in [-0.39, 0.29) is 6.54 Å². The summed E-state index contributed by atoms with van der Waals surface area (Å²) >= 11 is 0. The first-order valence-corrected chi connectivity index (χ1v) is 9.87. The lowest BCUT2D eigenvalue weighted by Gasteiger charge is -2.20. The number of ether oxygens (including phenoxy) is 1. The molecule has 0 fully saturated rings. The van der Waals surface area contributed by atoms with Gasteiger partial charge < -0.3 is 10.1 Å². The second-order valence-corrected chi connectivity index (χ2v) is 7.83. The van der Waals surface area contributed by atoms with Crippen molar-refractivity contribution in [3.63, 3.8) is 0 Å². The SMILES string of the molecule is COc1cccc(CCN(CC(=O)Nc2c(F)cccc2F)S(C)(=O)=O)c1. The van der Waals surface area contributed by atoms with Crippen LogP contribution in [0.25, 0.3) is 0 Å². The van der Waals surface area contributed by atoms with Crippen molar-refractivity contribution in [3.05, 3.63) is 59.7 Å². The van der Waals surface area contributed by atoms with Crippen LogP contribution in [0.5, 0.6) is 5.75 Å². The number of hydrogen-bond donors (Lipinski definition) is 1. The lowest BCUT2D eigenvalue weighted by molar-refractivity contribution is -0.116. The minimum Gasteiger partial charge on any atom is -0.497 e. The second kappa shape index (κ2) is 8.92. The number of nitrogens with one attached hydrogen (secondary N) is 1. The zero-order chi connectivity index (χ0) is 20.0. The van der Waals surface area contributed by atoms with E-state index in [1.807, 2.05) is 0 Å². The number of carbonyl (C=O) groups excluding carboxylic acids is 1.